The largest absolute Gasteiger partial charge is 0.493 e. The number of nitrogens with two attached hydrogens (primary N) is 3. The fourth-order valence-electron chi connectivity index (χ4n) is 1.49. The Labute approximate surface area is 123 Å². The van der Waals surface area contributed by atoms with Crippen molar-refractivity contribution < 1.29 is 14.6 Å². The van der Waals surface area contributed by atoms with Gasteiger partial charge in [0, 0.05) is 18.7 Å². The van der Waals surface area contributed by atoms with Gasteiger partial charge in [0.15, 0.2) is 0 Å². The molecule has 0 aromatic heterocycles. The number of carboxylic acids is 1. The van der Waals surface area contributed by atoms with Gasteiger partial charge in [0.05, 0.1) is 12.0 Å². The third kappa shape index (κ3) is 5.41. The van der Waals surface area contributed by atoms with Crippen molar-refractivity contribution in [3.63, 3.8) is 0 Å². The second-order valence-corrected chi connectivity index (χ2v) is 4.71. The maximum atomic E-state index is 10.7. The van der Waals surface area contributed by atoms with E-state index in [1.165, 1.54) is 0 Å². The van der Waals surface area contributed by atoms with Crippen molar-refractivity contribution in [1.29, 1.82) is 0 Å². The van der Waals surface area contributed by atoms with Gasteiger partial charge in [-0.25, -0.2) is 0 Å². The number of hydrogen-bond acceptors (Lipinski definition) is 5. The molecule has 0 amide bonds. The van der Waals surface area contributed by atoms with E-state index in [1.807, 2.05) is 0 Å². The second-order valence-electron chi connectivity index (χ2n) is 4.71. The monoisotopic (exact) mass is 294 g/mol. The predicted octanol–water partition coefficient (Wildman–Crippen LogP) is -0.223. The lowest BCUT2D eigenvalue weighted by Gasteiger charge is -2.11. The fourth-order valence-corrected chi connectivity index (χ4v) is 1.49. The first-order valence-corrected chi connectivity index (χ1v) is 6.67. The molecular formula is C14H22N4O3. The summed E-state index contributed by atoms with van der Waals surface area (Å²) in [5.74, 6) is -0.515. The molecule has 0 heterocycles. The molecule has 0 aliphatic rings. The molecule has 0 spiro atoms. The molecule has 116 valence electrons. The molecule has 0 radical (unpaired) electrons. The zero-order valence-corrected chi connectivity index (χ0v) is 12.0. The SMILES string of the molecule is C[C@@H](COc1ccc(C(N)=NC(CN)CN)cc1)C(=O)O. The van der Waals surface area contributed by atoms with Crippen LogP contribution in [0.2, 0.25) is 0 Å². The molecular weight excluding hydrogens is 272 g/mol. The van der Waals surface area contributed by atoms with E-state index in [-0.39, 0.29) is 12.6 Å². The van der Waals surface area contributed by atoms with Crippen LogP contribution in [0.25, 0.3) is 0 Å². The molecule has 7 heteroatoms. The van der Waals surface area contributed by atoms with Crippen molar-refractivity contribution in [2.24, 2.45) is 28.1 Å². The quantitative estimate of drug-likeness (QED) is 0.386. The van der Waals surface area contributed by atoms with Gasteiger partial charge < -0.3 is 27.0 Å². The summed E-state index contributed by atoms with van der Waals surface area (Å²) in [6, 6.07) is 6.74. The van der Waals surface area contributed by atoms with Crippen molar-refractivity contribution in [2.75, 3.05) is 19.7 Å². The Morgan fingerprint density at radius 3 is 2.33 bits per heavy atom. The van der Waals surface area contributed by atoms with Gasteiger partial charge in [-0.1, -0.05) is 0 Å². The Kier molecular flexibility index (Phi) is 6.64. The fraction of sp³-hybridized carbons (Fsp3) is 0.429. The summed E-state index contributed by atoms with van der Waals surface area (Å²) in [5, 5.41) is 8.77. The second kappa shape index (κ2) is 8.23. The van der Waals surface area contributed by atoms with Crippen molar-refractivity contribution in [2.45, 2.75) is 13.0 Å². The van der Waals surface area contributed by atoms with Crippen molar-refractivity contribution >= 4 is 11.8 Å². The number of aliphatic carboxylic acids is 1. The van der Waals surface area contributed by atoms with Crippen molar-refractivity contribution in [3.05, 3.63) is 29.8 Å². The van der Waals surface area contributed by atoms with E-state index >= 15 is 0 Å². The van der Waals surface area contributed by atoms with Gasteiger partial charge in [0.2, 0.25) is 0 Å². The molecule has 1 aromatic rings. The van der Waals surface area contributed by atoms with E-state index in [1.54, 1.807) is 31.2 Å². The maximum Gasteiger partial charge on any atom is 0.309 e. The smallest absolute Gasteiger partial charge is 0.309 e. The molecule has 1 aromatic carbocycles. The molecule has 0 aliphatic carbocycles. The topological polar surface area (TPSA) is 137 Å². The lowest BCUT2D eigenvalue weighted by molar-refractivity contribution is -0.142. The van der Waals surface area contributed by atoms with Gasteiger partial charge in [0.25, 0.3) is 0 Å². The summed E-state index contributed by atoms with van der Waals surface area (Å²) in [7, 11) is 0. The van der Waals surface area contributed by atoms with Gasteiger partial charge in [-0.15, -0.1) is 0 Å². The molecule has 1 atom stereocenters. The molecule has 0 unspecified atom stereocenters. The molecule has 7 N–H and O–H groups in total. The van der Waals surface area contributed by atoms with Crippen LogP contribution >= 0.6 is 0 Å². The van der Waals surface area contributed by atoms with E-state index in [9.17, 15) is 4.79 Å². The van der Waals surface area contributed by atoms with Gasteiger partial charge in [-0.2, -0.15) is 0 Å². The number of carbonyl (C=O) groups is 1. The van der Waals surface area contributed by atoms with Crippen LogP contribution in [0.15, 0.2) is 29.3 Å². The lowest BCUT2D eigenvalue weighted by atomic mass is 10.2. The molecule has 1 rings (SSSR count). The maximum absolute atomic E-state index is 10.7. The Morgan fingerprint density at radius 2 is 1.86 bits per heavy atom. The molecule has 0 saturated carbocycles. The van der Waals surface area contributed by atoms with E-state index in [0.29, 0.717) is 24.7 Å². The van der Waals surface area contributed by atoms with E-state index < -0.39 is 11.9 Å². The highest BCUT2D eigenvalue weighted by atomic mass is 16.5. The van der Waals surface area contributed by atoms with Crippen LogP contribution in [-0.4, -0.2) is 42.6 Å². The number of nitrogens with zero attached hydrogens (tertiary/aromatic N) is 1. The van der Waals surface area contributed by atoms with Crippen molar-refractivity contribution in [1.82, 2.24) is 0 Å². The van der Waals surface area contributed by atoms with E-state index in [2.05, 4.69) is 4.99 Å². The molecule has 7 nitrogen and oxygen atoms in total. The van der Waals surface area contributed by atoms with Crippen LogP contribution in [0.1, 0.15) is 12.5 Å². The Bertz CT molecular complexity index is 483. The van der Waals surface area contributed by atoms with Gasteiger partial charge in [-0.3, -0.25) is 9.79 Å². The van der Waals surface area contributed by atoms with Crippen LogP contribution in [-0.2, 0) is 4.79 Å². The van der Waals surface area contributed by atoms with Crippen molar-refractivity contribution in [3.8, 4) is 5.75 Å². The first-order chi connectivity index (χ1) is 9.97. The number of carboxylic acid groups (broad SMARTS) is 1. The van der Waals surface area contributed by atoms with Gasteiger partial charge in [-0.05, 0) is 31.2 Å². The lowest BCUT2D eigenvalue weighted by Crippen LogP contribution is -2.30. The van der Waals surface area contributed by atoms with Crippen LogP contribution in [0.4, 0.5) is 0 Å². The third-order valence-electron chi connectivity index (χ3n) is 2.94. The van der Waals surface area contributed by atoms with E-state index in [4.69, 9.17) is 27.0 Å². The highest BCUT2D eigenvalue weighted by Crippen LogP contribution is 2.13. The standard InChI is InChI=1S/C14H22N4O3/c1-9(14(19)20)8-21-12-4-2-10(3-5-12)13(17)18-11(6-15)7-16/h2-5,9,11H,6-8,15-16H2,1H3,(H2,17,18)(H,19,20)/t9-/m0/s1. The zero-order chi connectivity index (χ0) is 15.8. The minimum absolute atomic E-state index is 0.112. The summed E-state index contributed by atoms with van der Waals surface area (Å²) in [6.07, 6.45) is 0. The molecule has 0 fully saturated rings. The highest BCUT2D eigenvalue weighted by molar-refractivity contribution is 5.97. The van der Waals surface area contributed by atoms with Gasteiger partial charge in [0.1, 0.15) is 18.2 Å². The minimum Gasteiger partial charge on any atom is -0.493 e. The average molecular weight is 294 g/mol. The van der Waals surface area contributed by atoms with Crippen LogP contribution in [0.3, 0.4) is 0 Å². The molecule has 0 saturated heterocycles. The summed E-state index contributed by atoms with van der Waals surface area (Å²) in [6.45, 7) is 2.37. The third-order valence-corrected chi connectivity index (χ3v) is 2.94. The normalized spacial score (nSPS) is 13.2. The first kappa shape index (κ1) is 16.9. The number of hydrogen-bond donors (Lipinski definition) is 4. The summed E-state index contributed by atoms with van der Waals surface area (Å²) >= 11 is 0. The summed E-state index contributed by atoms with van der Waals surface area (Å²) in [4.78, 5) is 14.9. The van der Waals surface area contributed by atoms with E-state index in [0.717, 1.165) is 5.56 Å². The minimum atomic E-state index is -0.891. The number of amidine groups is 1. The first-order valence-electron chi connectivity index (χ1n) is 6.67. The van der Waals surface area contributed by atoms with Crippen LogP contribution in [0, 0.1) is 5.92 Å². The Morgan fingerprint density at radius 1 is 1.29 bits per heavy atom. The molecule has 21 heavy (non-hydrogen) atoms. The van der Waals surface area contributed by atoms with Crippen LogP contribution in [0.5, 0.6) is 5.75 Å². The number of aliphatic imine (C=N–C) groups is 1. The zero-order valence-electron chi connectivity index (χ0n) is 12.0. The number of rotatable bonds is 8. The van der Waals surface area contributed by atoms with Gasteiger partial charge >= 0.3 is 5.97 Å². The molecule has 0 bridgehead atoms. The summed E-state index contributed by atoms with van der Waals surface area (Å²) < 4.78 is 5.39. The summed E-state index contributed by atoms with van der Waals surface area (Å²) in [5.41, 5.74) is 17.6. The number of benzene rings is 1. The number of ether oxygens (including phenoxy) is 1. The highest BCUT2D eigenvalue weighted by Gasteiger charge is 2.11. The predicted molar refractivity (Wildman–Crippen MR) is 81.4 cm³/mol. The molecule has 0 aliphatic heterocycles. The Hall–Kier alpha value is -2.12. The average Bonchev–Trinajstić information content (AvgIpc) is 2.50. The van der Waals surface area contributed by atoms with Crippen LogP contribution < -0.4 is 21.9 Å². The Balaban J connectivity index is 2.67.